The number of hydrogen-bond donors (Lipinski definition) is 0. The normalized spacial score (nSPS) is 26.2. The number of ether oxygens (including phenoxy) is 2. The van der Waals surface area contributed by atoms with Crippen LogP contribution in [0.1, 0.15) is 58.4 Å². The zero-order valence-corrected chi connectivity index (χ0v) is 17.5. The van der Waals surface area contributed by atoms with E-state index >= 15 is 0 Å². The molecule has 0 N–H and O–H groups in total. The minimum Gasteiger partial charge on any atom is -0.347 e. The molecule has 0 unspecified atom stereocenters. The van der Waals surface area contributed by atoms with Crippen LogP contribution < -0.4 is 0 Å². The van der Waals surface area contributed by atoms with Crippen molar-refractivity contribution in [2.24, 2.45) is 16.4 Å². The standard InChI is InChI=1S/C21H30N4O4/c1-19(2,3)17-9-11-21(28-13-14-29-21)20(15-17,10-4-12-23-24-22)16-5-7-18(8-6-16)25(26)27/h5-8,17H,4,9-15H2,1-3H3/t17-,20+/m0/s1. The van der Waals surface area contributed by atoms with Gasteiger partial charge in [0.25, 0.3) is 5.69 Å². The lowest BCUT2D eigenvalue weighted by molar-refractivity contribution is -0.384. The zero-order chi connectivity index (χ0) is 21.1. The van der Waals surface area contributed by atoms with Gasteiger partial charge in [0.2, 0.25) is 0 Å². The Morgan fingerprint density at radius 2 is 1.93 bits per heavy atom. The molecule has 29 heavy (non-hydrogen) atoms. The predicted molar refractivity (Wildman–Crippen MR) is 109 cm³/mol. The van der Waals surface area contributed by atoms with Crippen LogP contribution in [0.2, 0.25) is 0 Å². The molecular weight excluding hydrogens is 372 g/mol. The van der Waals surface area contributed by atoms with Crippen LogP contribution in [-0.2, 0) is 14.9 Å². The molecule has 1 aliphatic carbocycles. The topological polar surface area (TPSA) is 110 Å². The first-order valence-electron chi connectivity index (χ1n) is 10.3. The third-order valence-corrected chi connectivity index (χ3v) is 6.68. The van der Waals surface area contributed by atoms with Gasteiger partial charge >= 0.3 is 0 Å². The average molecular weight is 402 g/mol. The molecule has 8 nitrogen and oxygen atoms in total. The molecule has 1 aromatic carbocycles. The molecule has 0 amide bonds. The van der Waals surface area contributed by atoms with Crippen molar-refractivity contribution in [1.29, 1.82) is 0 Å². The van der Waals surface area contributed by atoms with E-state index in [9.17, 15) is 10.1 Å². The lowest BCUT2D eigenvalue weighted by atomic mass is 9.56. The van der Waals surface area contributed by atoms with Crippen LogP contribution >= 0.6 is 0 Å². The van der Waals surface area contributed by atoms with E-state index in [2.05, 4.69) is 30.8 Å². The van der Waals surface area contributed by atoms with Crippen molar-refractivity contribution >= 4 is 5.69 Å². The van der Waals surface area contributed by atoms with Crippen LogP contribution in [0.3, 0.4) is 0 Å². The van der Waals surface area contributed by atoms with Crippen molar-refractivity contribution < 1.29 is 14.4 Å². The molecule has 1 saturated heterocycles. The van der Waals surface area contributed by atoms with E-state index in [0.717, 1.165) is 31.2 Å². The van der Waals surface area contributed by atoms with Gasteiger partial charge in [-0.15, -0.1) is 0 Å². The average Bonchev–Trinajstić information content (AvgIpc) is 3.15. The van der Waals surface area contributed by atoms with E-state index < -0.39 is 11.2 Å². The highest BCUT2D eigenvalue weighted by molar-refractivity contribution is 5.39. The Bertz CT molecular complexity index is 777. The molecular formula is C21H30N4O4. The maximum Gasteiger partial charge on any atom is 0.269 e. The number of non-ortho nitro benzene ring substituents is 1. The summed E-state index contributed by atoms with van der Waals surface area (Å²) < 4.78 is 12.6. The van der Waals surface area contributed by atoms with E-state index in [-0.39, 0.29) is 16.0 Å². The SMILES string of the molecule is CC(C)(C)[C@H]1CCC2(OCCO2)[C@@](CCCN=[N+]=[N-])(c2ccc([N+](=O)[O-])cc2)C1. The lowest BCUT2D eigenvalue weighted by Crippen LogP contribution is -2.57. The van der Waals surface area contributed by atoms with Gasteiger partial charge in [0.1, 0.15) is 0 Å². The number of nitrogens with zero attached hydrogens (tertiary/aromatic N) is 4. The van der Waals surface area contributed by atoms with E-state index in [1.165, 1.54) is 0 Å². The maximum atomic E-state index is 11.2. The quantitative estimate of drug-likeness (QED) is 0.156. The molecule has 3 rings (SSSR count). The van der Waals surface area contributed by atoms with E-state index in [1.807, 2.05) is 12.1 Å². The summed E-state index contributed by atoms with van der Waals surface area (Å²) in [4.78, 5) is 13.7. The second kappa shape index (κ2) is 8.30. The Morgan fingerprint density at radius 1 is 1.28 bits per heavy atom. The number of azide groups is 1. The van der Waals surface area contributed by atoms with Gasteiger partial charge in [0.15, 0.2) is 5.79 Å². The second-order valence-corrected chi connectivity index (χ2v) is 9.20. The van der Waals surface area contributed by atoms with Gasteiger partial charge in [0, 0.05) is 35.4 Å². The number of nitro groups is 1. The summed E-state index contributed by atoms with van der Waals surface area (Å²) in [6, 6.07) is 6.83. The fourth-order valence-corrected chi connectivity index (χ4v) is 5.07. The highest BCUT2D eigenvalue weighted by atomic mass is 16.7. The van der Waals surface area contributed by atoms with Crippen molar-refractivity contribution in [3.63, 3.8) is 0 Å². The van der Waals surface area contributed by atoms with Crippen molar-refractivity contribution in [1.82, 2.24) is 0 Å². The summed E-state index contributed by atoms with van der Waals surface area (Å²) in [7, 11) is 0. The molecule has 1 aromatic rings. The van der Waals surface area contributed by atoms with Crippen molar-refractivity contribution in [3.05, 3.63) is 50.4 Å². The summed E-state index contributed by atoms with van der Waals surface area (Å²) in [6.45, 7) is 8.27. The van der Waals surface area contributed by atoms with Crippen LogP contribution in [-0.4, -0.2) is 30.5 Å². The minimum atomic E-state index is -0.735. The Kier molecular flexibility index (Phi) is 6.17. The summed E-state index contributed by atoms with van der Waals surface area (Å²) in [5.41, 5.74) is 9.42. The molecule has 0 radical (unpaired) electrons. The smallest absolute Gasteiger partial charge is 0.269 e. The highest BCUT2D eigenvalue weighted by Crippen LogP contribution is 2.58. The molecule has 1 spiro atoms. The van der Waals surface area contributed by atoms with Gasteiger partial charge in [-0.05, 0) is 48.1 Å². The van der Waals surface area contributed by atoms with Crippen LogP contribution in [0.25, 0.3) is 10.4 Å². The molecule has 2 aliphatic rings. The number of benzene rings is 1. The third-order valence-electron chi connectivity index (χ3n) is 6.68. The molecule has 1 heterocycles. The monoisotopic (exact) mass is 402 g/mol. The van der Waals surface area contributed by atoms with Gasteiger partial charge in [-0.1, -0.05) is 38.0 Å². The number of hydrogen-bond acceptors (Lipinski definition) is 5. The summed E-state index contributed by atoms with van der Waals surface area (Å²) in [5, 5.41) is 14.9. The maximum absolute atomic E-state index is 11.2. The number of rotatable bonds is 6. The molecule has 1 aliphatic heterocycles. The highest BCUT2D eigenvalue weighted by Gasteiger charge is 2.60. The van der Waals surface area contributed by atoms with E-state index in [1.54, 1.807) is 12.1 Å². The Morgan fingerprint density at radius 3 is 2.48 bits per heavy atom. The summed E-state index contributed by atoms with van der Waals surface area (Å²) in [5.74, 6) is -0.281. The van der Waals surface area contributed by atoms with Gasteiger partial charge in [0.05, 0.1) is 18.1 Å². The van der Waals surface area contributed by atoms with E-state index in [4.69, 9.17) is 15.0 Å². The third kappa shape index (κ3) is 4.10. The van der Waals surface area contributed by atoms with Gasteiger partial charge in [-0.25, -0.2) is 0 Å². The minimum absolute atomic E-state index is 0.0727. The molecule has 1 saturated carbocycles. The Hall–Kier alpha value is -2.15. The number of nitro benzene ring substituents is 1. The van der Waals surface area contributed by atoms with Gasteiger partial charge < -0.3 is 9.47 Å². The first-order chi connectivity index (χ1) is 13.7. The first-order valence-corrected chi connectivity index (χ1v) is 10.3. The molecule has 2 atom stereocenters. The van der Waals surface area contributed by atoms with Gasteiger partial charge in [-0.2, -0.15) is 0 Å². The van der Waals surface area contributed by atoms with Crippen LogP contribution in [0.4, 0.5) is 5.69 Å². The van der Waals surface area contributed by atoms with Crippen molar-refractivity contribution in [3.8, 4) is 0 Å². The molecule has 0 aromatic heterocycles. The Balaban J connectivity index is 2.07. The van der Waals surface area contributed by atoms with Crippen LogP contribution in [0.15, 0.2) is 29.4 Å². The van der Waals surface area contributed by atoms with Gasteiger partial charge in [-0.3, -0.25) is 10.1 Å². The Labute approximate surface area is 171 Å². The lowest BCUT2D eigenvalue weighted by Gasteiger charge is -2.55. The van der Waals surface area contributed by atoms with E-state index in [0.29, 0.717) is 32.1 Å². The molecule has 8 heteroatoms. The van der Waals surface area contributed by atoms with Crippen LogP contribution in [0, 0.1) is 21.4 Å². The fourth-order valence-electron chi connectivity index (χ4n) is 5.07. The van der Waals surface area contributed by atoms with Crippen LogP contribution in [0.5, 0.6) is 0 Å². The summed E-state index contributed by atoms with van der Waals surface area (Å²) >= 11 is 0. The molecule has 2 fully saturated rings. The predicted octanol–water partition coefficient (Wildman–Crippen LogP) is 5.51. The molecule has 0 bridgehead atoms. The van der Waals surface area contributed by atoms with Crippen molar-refractivity contribution in [2.75, 3.05) is 19.8 Å². The largest absolute Gasteiger partial charge is 0.347 e. The zero-order valence-electron chi connectivity index (χ0n) is 17.5. The van der Waals surface area contributed by atoms with Crippen molar-refractivity contribution in [2.45, 2.75) is 64.1 Å². The second-order valence-electron chi connectivity index (χ2n) is 9.20. The fraction of sp³-hybridized carbons (Fsp3) is 0.714. The molecule has 158 valence electrons. The first kappa shape index (κ1) is 21.6. The summed E-state index contributed by atoms with van der Waals surface area (Å²) in [6.07, 6.45) is 4.09.